The first kappa shape index (κ1) is 24.3. The first-order chi connectivity index (χ1) is 18.1. The third-order valence-corrected chi connectivity index (χ3v) is 7.80. The highest BCUT2D eigenvalue weighted by atomic mass is 35.5. The number of thiocarbonyl (C=S) groups is 1. The maximum absolute atomic E-state index is 6.47. The summed E-state index contributed by atoms with van der Waals surface area (Å²) in [6.07, 6.45) is 6.81. The van der Waals surface area contributed by atoms with E-state index in [1.807, 2.05) is 60.7 Å². The smallest absolute Gasteiger partial charge is 0.174 e. The number of aromatic nitrogens is 1. The zero-order valence-corrected chi connectivity index (χ0v) is 22.3. The Morgan fingerprint density at radius 3 is 2.51 bits per heavy atom. The van der Waals surface area contributed by atoms with Gasteiger partial charge < -0.3 is 19.4 Å². The van der Waals surface area contributed by atoms with E-state index in [0.29, 0.717) is 27.0 Å². The van der Waals surface area contributed by atoms with E-state index in [4.69, 9.17) is 44.6 Å². The fourth-order valence-electron chi connectivity index (χ4n) is 5.15. The summed E-state index contributed by atoms with van der Waals surface area (Å²) in [5.41, 5.74) is 2.60. The molecular weight excluding hydrogens is 525 g/mol. The molecule has 1 saturated carbocycles. The van der Waals surface area contributed by atoms with Gasteiger partial charge in [0, 0.05) is 22.5 Å². The molecule has 4 aromatic rings. The summed E-state index contributed by atoms with van der Waals surface area (Å²) >= 11 is 18.4. The minimum atomic E-state index is -0.260. The third-order valence-electron chi connectivity index (χ3n) is 6.93. The van der Waals surface area contributed by atoms with Crippen LogP contribution in [0.2, 0.25) is 10.0 Å². The lowest BCUT2D eigenvalue weighted by Gasteiger charge is -2.26. The summed E-state index contributed by atoms with van der Waals surface area (Å²) in [5, 5.41) is 5.18. The summed E-state index contributed by atoms with van der Waals surface area (Å²) in [6.45, 7) is 0. The Kier molecular flexibility index (Phi) is 6.80. The minimum absolute atomic E-state index is 0.206. The summed E-state index contributed by atoms with van der Waals surface area (Å²) in [7, 11) is 0. The highest BCUT2D eigenvalue weighted by Gasteiger charge is 2.42. The van der Waals surface area contributed by atoms with Gasteiger partial charge in [-0.15, -0.1) is 0 Å². The lowest BCUT2D eigenvalue weighted by molar-refractivity contribution is 0.210. The van der Waals surface area contributed by atoms with Crippen LogP contribution in [0.3, 0.4) is 0 Å². The van der Waals surface area contributed by atoms with Crippen LogP contribution in [0, 0.1) is 0 Å². The van der Waals surface area contributed by atoms with Gasteiger partial charge in [0.25, 0.3) is 0 Å². The van der Waals surface area contributed by atoms with Gasteiger partial charge in [0.2, 0.25) is 0 Å². The highest BCUT2D eigenvalue weighted by molar-refractivity contribution is 7.80. The molecular formula is C29H25Cl2N3O2S. The molecule has 3 heterocycles. The number of furan rings is 1. The average Bonchev–Trinajstić information content (AvgIpc) is 3.66. The molecule has 2 fully saturated rings. The van der Waals surface area contributed by atoms with Crippen molar-refractivity contribution in [3.05, 3.63) is 100 Å². The average molecular weight is 551 g/mol. The summed E-state index contributed by atoms with van der Waals surface area (Å²) in [5.74, 6) is 2.29. The number of nitrogens with zero attached hydrogens (tertiary/aromatic N) is 2. The van der Waals surface area contributed by atoms with Crippen LogP contribution in [0.4, 0.5) is 5.69 Å². The second kappa shape index (κ2) is 10.4. The van der Waals surface area contributed by atoms with E-state index in [2.05, 4.69) is 15.2 Å². The monoisotopic (exact) mass is 549 g/mol. The molecule has 0 amide bonds. The van der Waals surface area contributed by atoms with Gasteiger partial charge in [-0.25, -0.2) is 0 Å². The summed E-state index contributed by atoms with van der Waals surface area (Å²) < 4.78 is 12.6. The number of hydrogen-bond acceptors (Lipinski definition) is 4. The molecule has 8 heteroatoms. The number of nitrogens with one attached hydrogen (secondary N) is 1. The zero-order valence-electron chi connectivity index (χ0n) is 19.9. The molecule has 5 nitrogen and oxygen atoms in total. The molecule has 0 unspecified atom stereocenters. The fraction of sp³-hybridized carbons (Fsp3) is 0.241. The van der Waals surface area contributed by atoms with Crippen molar-refractivity contribution in [2.75, 3.05) is 4.90 Å². The molecule has 0 spiro atoms. The lowest BCUT2D eigenvalue weighted by atomic mass is 10.0. The van der Waals surface area contributed by atoms with Gasteiger partial charge in [-0.1, -0.05) is 29.3 Å². The van der Waals surface area contributed by atoms with E-state index in [1.165, 1.54) is 12.8 Å². The van der Waals surface area contributed by atoms with Gasteiger partial charge >= 0.3 is 0 Å². The van der Waals surface area contributed by atoms with Gasteiger partial charge in [0.1, 0.15) is 23.3 Å². The largest absolute Gasteiger partial charge is 0.490 e. The predicted octanol–water partition coefficient (Wildman–Crippen LogP) is 8.15. The van der Waals surface area contributed by atoms with Crippen molar-refractivity contribution in [2.24, 2.45) is 0 Å². The van der Waals surface area contributed by atoms with Crippen molar-refractivity contribution < 1.29 is 9.15 Å². The fourth-order valence-corrected chi connectivity index (χ4v) is 6.00. The molecule has 37 heavy (non-hydrogen) atoms. The molecule has 188 valence electrons. The van der Waals surface area contributed by atoms with Crippen LogP contribution in [0.1, 0.15) is 49.2 Å². The summed E-state index contributed by atoms with van der Waals surface area (Å²) in [6, 6.07) is 22.8. The van der Waals surface area contributed by atoms with Gasteiger partial charge in [0.05, 0.1) is 22.9 Å². The zero-order chi connectivity index (χ0) is 25.4. The molecule has 6 rings (SSSR count). The van der Waals surface area contributed by atoms with E-state index in [1.54, 1.807) is 18.3 Å². The SMILES string of the molecule is S=C1N[C@H](c2ccccn2)[C@H](c2ccc(-c3ccc(Cl)cc3Cl)o2)N1c1ccc(OC2CCCC2)cc1. The number of rotatable bonds is 6. The molecule has 1 aliphatic carbocycles. The molecule has 0 radical (unpaired) electrons. The maximum atomic E-state index is 6.47. The molecule has 0 bridgehead atoms. The minimum Gasteiger partial charge on any atom is -0.490 e. The quantitative estimate of drug-likeness (QED) is 0.245. The Hall–Kier alpha value is -3.06. The van der Waals surface area contributed by atoms with E-state index in [9.17, 15) is 0 Å². The molecule has 2 aliphatic rings. The number of halogens is 2. The van der Waals surface area contributed by atoms with Crippen LogP contribution in [-0.4, -0.2) is 16.2 Å². The Morgan fingerprint density at radius 1 is 0.973 bits per heavy atom. The van der Waals surface area contributed by atoms with Crippen molar-refractivity contribution in [1.82, 2.24) is 10.3 Å². The summed E-state index contributed by atoms with van der Waals surface area (Å²) in [4.78, 5) is 6.70. The lowest BCUT2D eigenvalue weighted by Crippen LogP contribution is -2.29. The van der Waals surface area contributed by atoms with E-state index >= 15 is 0 Å². The van der Waals surface area contributed by atoms with Crippen LogP contribution in [0.5, 0.6) is 5.75 Å². The number of anilines is 1. The van der Waals surface area contributed by atoms with Crippen molar-refractivity contribution in [3.8, 4) is 17.1 Å². The maximum Gasteiger partial charge on any atom is 0.174 e. The van der Waals surface area contributed by atoms with E-state index in [-0.39, 0.29) is 12.1 Å². The van der Waals surface area contributed by atoms with Crippen molar-refractivity contribution in [3.63, 3.8) is 0 Å². The molecule has 2 aromatic carbocycles. The van der Waals surface area contributed by atoms with Crippen molar-refractivity contribution >= 4 is 46.2 Å². The van der Waals surface area contributed by atoms with Crippen LogP contribution >= 0.6 is 35.4 Å². The van der Waals surface area contributed by atoms with Gasteiger partial charge in [-0.3, -0.25) is 4.98 Å². The number of ether oxygens (including phenoxy) is 1. The number of hydrogen-bond donors (Lipinski definition) is 1. The molecule has 1 N–H and O–H groups in total. The molecule has 2 atom stereocenters. The Morgan fingerprint density at radius 2 is 1.78 bits per heavy atom. The van der Waals surface area contributed by atoms with E-state index in [0.717, 1.165) is 41.3 Å². The van der Waals surface area contributed by atoms with Gasteiger partial charge in [-0.2, -0.15) is 0 Å². The van der Waals surface area contributed by atoms with Gasteiger partial charge in [-0.05, 0) is 105 Å². The van der Waals surface area contributed by atoms with Crippen LogP contribution in [-0.2, 0) is 0 Å². The van der Waals surface area contributed by atoms with Crippen molar-refractivity contribution in [1.29, 1.82) is 0 Å². The predicted molar refractivity (Wildman–Crippen MR) is 151 cm³/mol. The van der Waals surface area contributed by atoms with Crippen LogP contribution in [0.25, 0.3) is 11.3 Å². The Labute approximate surface area is 231 Å². The Balaban J connectivity index is 1.36. The second-order valence-electron chi connectivity index (χ2n) is 9.34. The standard InChI is InChI=1S/C29H25Cl2N3O2S/c30-18-8-13-22(23(31)17-18)25-14-15-26(36-25)28-27(24-7-3-4-16-32-24)33-29(37)34(28)19-9-11-21(12-10-19)35-20-5-1-2-6-20/h3-4,7-17,20,27-28H,1-2,5-6H2,(H,33,37)/t27-,28+/m1/s1. The first-order valence-corrected chi connectivity index (χ1v) is 13.6. The first-order valence-electron chi connectivity index (χ1n) is 12.4. The second-order valence-corrected chi connectivity index (χ2v) is 10.6. The van der Waals surface area contributed by atoms with Crippen LogP contribution in [0.15, 0.2) is 83.4 Å². The van der Waals surface area contributed by atoms with Crippen molar-refractivity contribution in [2.45, 2.75) is 43.9 Å². The Bertz CT molecular complexity index is 1400. The molecule has 1 saturated heterocycles. The van der Waals surface area contributed by atoms with E-state index < -0.39 is 0 Å². The highest BCUT2D eigenvalue weighted by Crippen LogP contribution is 2.44. The third kappa shape index (κ3) is 4.93. The van der Waals surface area contributed by atoms with Crippen LogP contribution < -0.4 is 15.0 Å². The van der Waals surface area contributed by atoms with Gasteiger partial charge in [0.15, 0.2) is 5.11 Å². The molecule has 1 aliphatic heterocycles. The normalized spacial score (nSPS) is 19.8. The molecule has 2 aromatic heterocycles. The number of benzene rings is 2. The topological polar surface area (TPSA) is 50.5 Å². The number of pyridine rings is 1.